The van der Waals surface area contributed by atoms with Crippen LogP contribution >= 0.6 is 22.9 Å². The van der Waals surface area contributed by atoms with E-state index in [-0.39, 0.29) is 42.6 Å². The van der Waals surface area contributed by atoms with Crippen molar-refractivity contribution in [3.05, 3.63) is 45.1 Å². The Morgan fingerprint density at radius 2 is 2.00 bits per heavy atom. The Labute approximate surface area is 218 Å². The molecule has 10 nitrogen and oxygen atoms in total. The van der Waals surface area contributed by atoms with E-state index in [4.69, 9.17) is 21.1 Å². The highest BCUT2D eigenvalue weighted by molar-refractivity contribution is 7.18. The van der Waals surface area contributed by atoms with E-state index in [9.17, 15) is 32.3 Å². The van der Waals surface area contributed by atoms with Gasteiger partial charge in [0, 0.05) is 18.8 Å². The molecule has 2 heterocycles. The number of morpholine rings is 1. The normalized spacial score (nSPS) is 14.6. The number of alkyl carbamates (subject to hydrolysis) is 1. The van der Waals surface area contributed by atoms with Crippen LogP contribution in [0.1, 0.15) is 22.2 Å². The molecule has 0 bridgehead atoms. The van der Waals surface area contributed by atoms with Gasteiger partial charge in [-0.15, -0.1) is 11.3 Å². The number of rotatable bonds is 8. The predicted molar refractivity (Wildman–Crippen MR) is 129 cm³/mol. The molecule has 0 unspecified atom stereocenters. The minimum atomic E-state index is -4.84. The Bertz CT molecular complexity index is 1180. The third-order valence-electron chi connectivity index (χ3n) is 4.99. The number of hydrogen-bond donors (Lipinski definition) is 3. The Kier molecular flexibility index (Phi) is 9.34. The van der Waals surface area contributed by atoms with Gasteiger partial charge in [-0.2, -0.15) is 13.2 Å². The molecule has 1 saturated heterocycles. The molecule has 0 aliphatic carbocycles. The summed E-state index contributed by atoms with van der Waals surface area (Å²) in [5.41, 5.74) is -1.76. The molecule has 2 aromatic rings. The third-order valence-corrected chi connectivity index (χ3v) is 6.22. The predicted octanol–water partition coefficient (Wildman–Crippen LogP) is 3.27. The van der Waals surface area contributed by atoms with E-state index in [2.05, 4.69) is 16.0 Å². The van der Waals surface area contributed by atoms with Crippen molar-refractivity contribution in [1.82, 2.24) is 10.6 Å². The molecule has 3 rings (SSSR count). The van der Waals surface area contributed by atoms with Crippen LogP contribution in [-0.4, -0.2) is 62.8 Å². The molecule has 1 fully saturated rings. The van der Waals surface area contributed by atoms with Gasteiger partial charge in [-0.25, -0.2) is 4.79 Å². The van der Waals surface area contributed by atoms with Crippen molar-refractivity contribution < 1.29 is 41.8 Å². The number of carbonyl (C=O) groups is 4. The van der Waals surface area contributed by atoms with Gasteiger partial charge in [0.1, 0.15) is 12.6 Å². The molecule has 3 N–H and O–H groups in total. The fraction of sp³-hybridized carbons (Fsp3) is 0.364. The second-order valence-electron chi connectivity index (χ2n) is 7.55. The Morgan fingerprint density at radius 3 is 2.62 bits per heavy atom. The maximum absolute atomic E-state index is 13.8. The standard InChI is InChI=1S/C22H22ClF3N4O6S/c1-2-36-21(34)29-14(10-27-20(33)16-5-6-17(23)37-16)19(32)28-12-3-4-15(13(9-12)22(24,25)26)30-7-8-35-11-18(30)31/h3-6,9,14H,2,7-8,10-11H2,1H3,(H,27,33)(H,28,32)(H,29,34)/t14-/m1/s1. The molecule has 1 atom stereocenters. The molecule has 15 heteroatoms. The van der Waals surface area contributed by atoms with Gasteiger partial charge in [0.25, 0.3) is 11.8 Å². The van der Waals surface area contributed by atoms with Crippen LogP contribution in [0.5, 0.6) is 0 Å². The summed E-state index contributed by atoms with van der Waals surface area (Å²) in [6.07, 6.45) is -5.80. The van der Waals surface area contributed by atoms with Gasteiger partial charge in [-0.05, 0) is 37.3 Å². The summed E-state index contributed by atoms with van der Waals surface area (Å²) >= 11 is 6.81. The van der Waals surface area contributed by atoms with Crippen molar-refractivity contribution in [2.24, 2.45) is 0 Å². The highest BCUT2D eigenvalue weighted by Crippen LogP contribution is 2.38. The van der Waals surface area contributed by atoms with E-state index in [0.717, 1.165) is 22.3 Å². The Balaban J connectivity index is 1.79. The number of anilines is 2. The zero-order valence-electron chi connectivity index (χ0n) is 19.3. The second kappa shape index (κ2) is 12.3. The molecular formula is C22H22ClF3N4O6S. The zero-order valence-corrected chi connectivity index (χ0v) is 20.9. The van der Waals surface area contributed by atoms with Gasteiger partial charge in [0.15, 0.2) is 0 Å². The average molecular weight is 563 g/mol. The molecule has 4 amide bonds. The van der Waals surface area contributed by atoms with Crippen LogP contribution in [0.2, 0.25) is 4.34 Å². The molecule has 1 aromatic carbocycles. The summed E-state index contributed by atoms with van der Waals surface area (Å²) in [6, 6.07) is 4.53. The fourth-order valence-electron chi connectivity index (χ4n) is 3.32. The summed E-state index contributed by atoms with van der Waals surface area (Å²) in [6.45, 7) is 0.805. The van der Waals surface area contributed by atoms with Gasteiger partial charge >= 0.3 is 12.3 Å². The first kappa shape index (κ1) is 28.2. The largest absolute Gasteiger partial charge is 0.450 e. The minimum absolute atomic E-state index is 0.00308. The van der Waals surface area contributed by atoms with Crippen molar-refractivity contribution in [3.63, 3.8) is 0 Å². The van der Waals surface area contributed by atoms with E-state index in [0.29, 0.717) is 10.4 Å². The lowest BCUT2D eigenvalue weighted by Gasteiger charge is -2.29. The minimum Gasteiger partial charge on any atom is -0.450 e. The third kappa shape index (κ3) is 7.57. The van der Waals surface area contributed by atoms with Crippen LogP contribution < -0.4 is 20.9 Å². The number of amides is 4. The van der Waals surface area contributed by atoms with Crippen LogP contribution in [0.25, 0.3) is 0 Å². The smallest absolute Gasteiger partial charge is 0.418 e. The number of benzene rings is 1. The number of halogens is 4. The summed E-state index contributed by atoms with van der Waals surface area (Å²) in [5, 5.41) is 7.03. The van der Waals surface area contributed by atoms with Crippen molar-refractivity contribution >= 4 is 58.1 Å². The molecule has 1 aliphatic heterocycles. The number of nitrogens with zero attached hydrogens (tertiary/aromatic N) is 1. The fourth-order valence-corrected chi connectivity index (χ4v) is 4.28. The molecule has 0 radical (unpaired) electrons. The molecule has 1 aromatic heterocycles. The number of nitrogens with one attached hydrogen (secondary N) is 3. The quantitative estimate of drug-likeness (QED) is 0.453. The van der Waals surface area contributed by atoms with Crippen LogP contribution in [-0.2, 0) is 25.2 Å². The Morgan fingerprint density at radius 1 is 1.24 bits per heavy atom. The molecule has 200 valence electrons. The topological polar surface area (TPSA) is 126 Å². The average Bonchev–Trinajstić information content (AvgIpc) is 3.28. The van der Waals surface area contributed by atoms with Gasteiger partial charge in [-0.1, -0.05) is 11.6 Å². The van der Waals surface area contributed by atoms with E-state index in [1.54, 1.807) is 0 Å². The van der Waals surface area contributed by atoms with Gasteiger partial charge in [-0.3, -0.25) is 14.4 Å². The van der Waals surface area contributed by atoms with Crippen LogP contribution in [0, 0.1) is 0 Å². The maximum Gasteiger partial charge on any atom is 0.418 e. The van der Waals surface area contributed by atoms with Gasteiger partial charge in [0.2, 0.25) is 5.91 Å². The van der Waals surface area contributed by atoms with E-state index in [1.165, 1.54) is 25.1 Å². The summed E-state index contributed by atoms with van der Waals surface area (Å²) < 4.78 is 51.6. The number of ether oxygens (including phenoxy) is 2. The lowest BCUT2D eigenvalue weighted by Crippen LogP contribution is -2.50. The number of thiophene rings is 1. The first-order valence-electron chi connectivity index (χ1n) is 10.9. The zero-order chi connectivity index (χ0) is 27.2. The molecular weight excluding hydrogens is 541 g/mol. The van der Waals surface area contributed by atoms with Gasteiger partial charge < -0.3 is 30.3 Å². The first-order chi connectivity index (χ1) is 17.5. The maximum atomic E-state index is 13.8. The van der Waals surface area contributed by atoms with Crippen molar-refractivity contribution in [3.8, 4) is 0 Å². The molecule has 37 heavy (non-hydrogen) atoms. The highest BCUT2D eigenvalue weighted by atomic mass is 35.5. The molecule has 0 saturated carbocycles. The summed E-state index contributed by atoms with van der Waals surface area (Å²) in [4.78, 5) is 50.4. The SMILES string of the molecule is CCOC(=O)N[C@H](CNC(=O)c1ccc(Cl)s1)C(=O)Nc1ccc(N2CCOCC2=O)c(C(F)(F)F)c1. The lowest BCUT2D eigenvalue weighted by atomic mass is 10.1. The van der Waals surface area contributed by atoms with E-state index < -0.39 is 48.1 Å². The number of hydrogen-bond acceptors (Lipinski definition) is 7. The van der Waals surface area contributed by atoms with Crippen LogP contribution in [0.4, 0.5) is 29.3 Å². The van der Waals surface area contributed by atoms with Crippen LogP contribution in [0.3, 0.4) is 0 Å². The van der Waals surface area contributed by atoms with Gasteiger partial charge in [0.05, 0.1) is 33.7 Å². The molecule has 0 spiro atoms. The highest BCUT2D eigenvalue weighted by Gasteiger charge is 2.37. The van der Waals surface area contributed by atoms with E-state index in [1.807, 2.05) is 0 Å². The Hall–Kier alpha value is -3.36. The van der Waals surface area contributed by atoms with Crippen molar-refractivity contribution in [1.29, 1.82) is 0 Å². The first-order valence-corrected chi connectivity index (χ1v) is 12.1. The lowest BCUT2D eigenvalue weighted by molar-refractivity contribution is -0.137. The molecule has 1 aliphatic rings. The number of alkyl halides is 3. The van der Waals surface area contributed by atoms with Crippen LogP contribution in [0.15, 0.2) is 30.3 Å². The van der Waals surface area contributed by atoms with Crippen molar-refractivity contribution in [2.75, 3.05) is 43.1 Å². The summed E-state index contributed by atoms with van der Waals surface area (Å²) in [7, 11) is 0. The monoisotopic (exact) mass is 562 g/mol. The number of carbonyl (C=O) groups excluding carboxylic acids is 4. The second-order valence-corrected chi connectivity index (χ2v) is 9.26. The summed E-state index contributed by atoms with van der Waals surface area (Å²) in [5.74, 6) is -2.12. The van der Waals surface area contributed by atoms with Crippen molar-refractivity contribution in [2.45, 2.75) is 19.1 Å². The van der Waals surface area contributed by atoms with E-state index >= 15 is 0 Å².